The van der Waals surface area contributed by atoms with E-state index in [2.05, 4.69) is 0 Å². The lowest BCUT2D eigenvalue weighted by Crippen LogP contribution is -2.53. The topological polar surface area (TPSA) is 64.0 Å². The predicted octanol–water partition coefficient (Wildman–Crippen LogP) is -0.740. The van der Waals surface area contributed by atoms with E-state index in [1.165, 1.54) is 9.80 Å². The molecule has 1 aliphatic rings. The van der Waals surface area contributed by atoms with Gasteiger partial charge in [0.05, 0.1) is 0 Å². The van der Waals surface area contributed by atoms with Gasteiger partial charge in [0, 0.05) is 13.1 Å². The summed E-state index contributed by atoms with van der Waals surface area (Å²) in [4.78, 5) is 13.9. The highest BCUT2D eigenvalue weighted by atomic mass is 16.3. The number of rotatable bonds is 2. The predicted molar refractivity (Wildman–Crippen MR) is 42.1 cm³/mol. The van der Waals surface area contributed by atoms with E-state index in [4.69, 9.17) is 10.2 Å². The molecule has 1 fully saturated rings. The van der Waals surface area contributed by atoms with Gasteiger partial charge in [0.1, 0.15) is 13.5 Å². The lowest BCUT2D eigenvalue weighted by atomic mass is 10.1. The van der Waals surface area contributed by atoms with Crippen LogP contribution in [0.15, 0.2) is 0 Å². The monoisotopic (exact) mass is 174 g/mol. The van der Waals surface area contributed by atoms with Crippen molar-refractivity contribution in [1.29, 1.82) is 0 Å². The minimum absolute atomic E-state index is 0.278. The number of carbonyl (C=O) groups excluding carboxylic acids is 1. The number of carbonyl (C=O) groups is 1. The van der Waals surface area contributed by atoms with Crippen molar-refractivity contribution in [3.8, 4) is 0 Å². The largest absolute Gasteiger partial charge is 0.376 e. The Morgan fingerprint density at radius 3 is 2.08 bits per heavy atom. The maximum absolute atomic E-state index is 11.3. The van der Waals surface area contributed by atoms with Gasteiger partial charge in [0.15, 0.2) is 0 Å². The minimum atomic E-state index is -0.293. The average molecular weight is 174 g/mol. The first-order valence-electron chi connectivity index (χ1n) is 3.94. The lowest BCUT2D eigenvalue weighted by Gasteiger charge is -2.36. The van der Waals surface area contributed by atoms with E-state index in [-0.39, 0.29) is 19.5 Å². The summed E-state index contributed by atoms with van der Waals surface area (Å²) in [7, 11) is 0. The van der Waals surface area contributed by atoms with Crippen LogP contribution in [-0.2, 0) is 0 Å². The third kappa shape index (κ3) is 1.67. The van der Waals surface area contributed by atoms with E-state index in [0.29, 0.717) is 19.0 Å². The molecule has 0 radical (unpaired) electrons. The molecule has 12 heavy (non-hydrogen) atoms. The van der Waals surface area contributed by atoms with Crippen molar-refractivity contribution in [3.63, 3.8) is 0 Å². The van der Waals surface area contributed by atoms with Gasteiger partial charge in [-0.1, -0.05) is 6.92 Å². The molecule has 0 aromatic carbocycles. The van der Waals surface area contributed by atoms with Crippen LogP contribution in [0.5, 0.6) is 0 Å². The zero-order valence-electron chi connectivity index (χ0n) is 7.10. The molecule has 5 heteroatoms. The van der Waals surface area contributed by atoms with Crippen LogP contribution in [0, 0.1) is 5.92 Å². The van der Waals surface area contributed by atoms with Crippen molar-refractivity contribution in [2.45, 2.75) is 6.92 Å². The number of nitrogens with zero attached hydrogens (tertiary/aromatic N) is 2. The van der Waals surface area contributed by atoms with Crippen molar-refractivity contribution in [3.05, 3.63) is 0 Å². The molecule has 0 bridgehead atoms. The maximum atomic E-state index is 11.3. The SMILES string of the molecule is CC1CN(CO)C(=O)N(CO)C1. The Morgan fingerprint density at radius 2 is 1.75 bits per heavy atom. The number of amides is 2. The molecule has 70 valence electrons. The van der Waals surface area contributed by atoms with E-state index in [9.17, 15) is 4.79 Å². The minimum Gasteiger partial charge on any atom is -0.376 e. The molecular formula is C7H14N2O3. The van der Waals surface area contributed by atoms with E-state index >= 15 is 0 Å². The Labute approximate surface area is 71.2 Å². The summed E-state index contributed by atoms with van der Waals surface area (Å²) in [6, 6.07) is -0.293. The van der Waals surface area contributed by atoms with E-state index in [0.717, 1.165) is 0 Å². The quantitative estimate of drug-likeness (QED) is 0.579. The van der Waals surface area contributed by atoms with Crippen LogP contribution in [0.2, 0.25) is 0 Å². The Hall–Kier alpha value is -0.810. The van der Waals surface area contributed by atoms with Crippen molar-refractivity contribution in [2.75, 3.05) is 26.6 Å². The van der Waals surface area contributed by atoms with Gasteiger partial charge < -0.3 is 20.0 Å². The van der Waals surface area contributed by atoms with Crippen molar-refractivity contribution in [2.24, 2.45) is 5.92 Å². The smallest absolute Gasteiger partial charge is 0.323 e. The summed E-state index contributed by atoms with van der Waals surface area (Å²) in [5, 5.41) is 17.6. The first-order chi connectivity index (χ1) is 5.69. The highest BCUT2D eigenvalue weighted by molar-refractivity contribution is 5.74. The van der Waals surface area contributed by atoms with Crippen LogP contribution in [-0.4, -0.2) is 52.6 Å². The fourth-order valence-corrected chi connectivity index (χ4v) is 1.40. The van der Waals surface area contributed by atoms with E-state index in [1.54, 1.807) is 0 Å². The van der Waals surface area contributed by atoms with Gasteiger partial charge in [-0.05, 0) is 5.92 Å². The molecule has 0 unspecified atom stereocenters. The molecule has 0 saturated carbocycles. The zero-order chi connectivity index (χ0) is 9.14. The number of urea groups is 1. The second-order valence-electron chi connectivity index (χ2n) is 3.12. The van der Waals surface area contributed by atoms with E-state index < -0.39 is 0 Å². The van der Waals surface area contributed by atoms with Gasteiger partial charge in [0.25, 0.3) is 0 Å². The molecule has 1 saturated heterocycles. The molecule has 1 heterocycles. The first kappa shape index (κ1) is 9.28. The Balaban J connectivity index is 2.61. The van der Waals surface area contributed by atoms with Gasteiger partial charge in [-0.3, -0.25) is 0 Å². The molecule has 2 N–H and O–H groups in total. The summed E-state index contributed by atoms with van der Waals surface area (Å²) in [6.45, 7) is 2.54. The number of hydrogen-bond acceptors (Lipinski definition) is 3. The Kier molecular flexibility index (Phi) is 2.88. The number of aliphatic hydroxyl groups is 2. The maximum Gasteiger partial charge on any atom is 0.323 e. The Bertz CT molecular complexity index is 158. The second kappa shape index (κ2) is 3.73. The summed E-state index contributed by atoms with van der Waals surface area (Å²) in [5.41, 5.74) is 0. The standard InChI is InChI=1S/C7H14N2O3/c1-6-2-8(4-10)7(12)9(3-6)5-11/h6,10-11H,2-5H2,1H3. The molecule has 2 amide bonds. The van der Waals surface area contributed by atoms with Crippen molar-refractivity contribution < 1.29 is 15.0 Å². The summed E-state index contributed by atoms with van der Waals surface area (Å²) >= 11 is 0. The summed E-state index contributed by atoms with van der Waals surface area (Å²) < 4.78 is 0. The molecule has 0 aliphatic carbocycles. The zero-order valence-corrected chi connectivity index (χ0v) is 7.10. The van der Waals surface area contributed by atoms with Crippen LogP contribution >= 0.6 is 0 Å². The molecule has 1 rings (SSSR count). The van der Waals surface area contributed by atoms with Crippen LogP contribution in [0.3, 0.4) is 0 Å². The highest BCUT2D eigenvalue weighted by Gasteiger charge is 2.28. The molecule has 0 aromatic rings. The molecule has 1 aliphatic heterocycles. The van der Waals surface area contributed by atoms with Gasteiger partial charge in [-0.2, -0.15) is 0 Å². The molecular weight excluding hydrogens is 160 g/mol. The van der Waals surface area contributed by atoms with Gasteiger partial charge in [0.2, 0.25) is 0 Å². The van der Waals surface area contributed by atoms with E-state index in [1.807, 2.05) is 6.92 Å². The summed E-state index contributed by atoms with van der Waals surface area (Å²) in [5.74, 6) is 0.294. The molecule has 0 aromatic heterocycles. The van der Waals surface area contributed by atoms with Crippen LogP contribution < -0.4 is 0 Å². The van der Waals surface area contributed by atoms with Crippen molar-refractivity contribution >= 4 is 6.03 Å². The Morgan fingerprint density at radius 1 is 1.33 bits per heavy atom. The second-order valence-corrected chi connectivity index (χ2v) is 3.12. The van der Waals surface area contributed by atoms with Crippen LogP contribution in [0.25, 0.3) is 0 Å². The van der Waals surface area contributed by atoms with Crippen LogP contribution in [0.4, 0.5) is 4.79 Å². The van der Waals surface area contributed by atoms with Gasteiger partial charge in [-0.25, -0.2) is 4.79 Å². The van der Waals surface area contributed by atoms with Crippen LogP contribution in [0.1, 0.15) is 6.92 Å². The number of aliphatic hydroxyl groups excluding tert-OH is 2. The number of hydrogen-bond donors (Lipinski definition) is 2. The fourth-order valence-electron chi connectivity index (χ4n) is 1.40. The third-order valence-corrected chi connectivity index (χ3v) is 1.95. The third-order valence-electron chi connectivity index (χ3n) is 1.95. The van der Waals surface area contributed by atoms with Crippen molar-refractivity contribution in [1.82, 2.24) is 9.80 Å². The van der Waals surface area contributed by atoms with Gasteiger partial charge in [-0.15, -0.1) is 0 Å². The van der Waals surface area contributed by atoms with Gasteiger partial charge >= 0.3 is 6.03 Å². The molecule has 0 spiro atoms. The molecule has 0 atom stereocenters. The highest BCUT2D eigenvalue weighted by Crippen LogP contribution is 2.12. The average Bonchev–Trinajstić information content (AvgIpc) is 2.08. The summed E-state index contributed by atoms with van der Waals surface area (Å²) in [6.07, 6.45) is 0. The first-order valence-corrected chi connectivity index (χ1v) is 3.94. The molecule has 5 nitrogen and oxygen atoms in total. The fraction of sp³-hybridized carbons (Fsp3) is 0.857. The lowest BCUT2D eigenvalue weighted by molar-refractivity contribution is 0.0277. The normalized spacial score (nSPS) is 20.4.